The van der Waals surface area contributed by atoms with Gasteiger partial charge in [-0.25, -0.2) is 4.98 Å². The lowest BCUT2D eigenvalue weighted by molar-refractivity contribution is -0.384. The highest BCUT2D eigenvalue weighted by atomic mass is 32.1. The number of thiazole rings is 1. The summed E-state index contributed by atoms with van der Waals surface area (Å²) in [6, 6.07) is 6.83. The summed E-state index contributed by atoms with van der Waals surface area (Å²) in [7, 11) is 0. The van der Waals surface area contributed by atoms with Crippen molar-refractivity contribution in [2.45, 2.75) is 26.4 Å². The monoisotopic (exact) mass is 277 g/mol. The van der Waals surface area contributed by atoms with Gasteiger partial charge in [-0.1, -0.05) is 12.1 Å². The fourth-order valence-electron chi connectivity index (χ4n) is 1.83. The van der Waals surface area contributed by atoms with Gasteiger partial charge in [0.15, 0.2) is 0 Å². The molecule has 1 aromatic carbocycles. The molecule has 0 spiro atoms. The van der Waals surface area contributed by atoms with Crippen LogP contribution in [-0.4, -0.2) is 9.91 Å². The van der Waals surface area contributed by atoms with Gasteiger partial charge < -0.3 is 5.32 Å². The Kier molecular flexibility index (Phi) is 4.24. The van der Waals surface area contributed by atoms with Crippen molar-refractivity contribution in [2.24, 2.45) is 0 Å². The average Bonchev–Trinajstić information content (AvgIpc) is 2.83. The topological polar surface area (TPSA) is 68.1 Å². The molecule has 5 nitrogen and oxygen atoms in total. The number of nitrogens with zero attached hydrogens (tertiary/aromatic N) is 2. The van der Waals surface area contributed by atoms with Gasteiger partial charge in [-0.15, -0.1) is 11.3 Å². The lowest BCUT2D eigenvalue weighted by atomic mass is 10.2. The van der Waals surface area contributed by atoms with Crippen molar-refractivity contribution >= 4 is 17.0 Å². The summed E-state index contributed by atoms with van der Waals surface area (Å²) in [6.45, 7) is 4.76. The van der Waals surface area contributed by atoms with Gasteiger partial charge in [-0.2, -0.15) is 0 Å². The Bertz CT molecular complexity index is 566. The average molecular weight is 277 g/mol. The highest BCUT2D eigenvalue weighted by Crippen LogP contribution is 2.21. The molecule has 0 bridgehead atoms. The Balaban J connectivity index is 1.95. The molecule has 0 saturated carbocycles. The van der Waals surface area contributed by atoms with Gasteiger partial charge in [0.25, 0.3) is 5.69 Å². The van der Waals surface area contributed by atoms with Gasteiger partial charge in [0, 0.05) is 29.6 Å². The Hall–Kier alpha value is -1.79. The molecule has 1 atom stereocenters. The van der Waals surface area contributed by atoms with Gasteiger partial charge >= 0.3 is 0 Å². The van der Waals surface area contributed by atoms with E-state index < -0.39 is 0 Å². The number of rotatable bonds is 5. The van der Waals surface area contributed by atoms with Crippen LogP contribution in [-0.2, 0) is 6.54 Å². The third-order valence-corrected chi connectivity index (χ3v) is 4.05. The van der Waals surface area contributed by atoms with Crippen molar-refractivity contribution in [1.29, 1.82) is 0 Å². The molecule has 1 heterocycles. The molecule has 0 fully saturated rings. The number of nitro groups is 1. The molecule has 19 heavy (non-hydrogen) atoms. The zero-order valence-electron chi connectivity index (χ0n) is 10.8. The normalized spacial score (nSPS) is 12.3. The van der Waals surface area contributed by atoms with Crippen molar-refractivity contribution in [1.82, 2.24) is 10.3 Å². The van der Waals surface area contributed by atoms with Crippen molar-refractivity contribution in [3.8, 4) is 0 Å². The summed E-state index contributed by atoms with van der Waals surface area (Å²) in [6.07, 6.45) is 0. The van der Waals surface area contributed by atoms with Crippen molar-refractivity contribution < 1.29 is 4.92 Å². The predicted molar refractivity (Wildman–Crippen MR) is 75.2 cm³/mol. The van der Waals surface area contributed by atoms with E-state index in [4.69, 9.17) is 0 Å². The largest absolute Gasteiger partial charge is 0.305 e. The molecule has 1 aromatic heterocycles. The molecule has 1 N–H and O–H groups in total. The second kappa shape index (κ2) is 5.90. The molecule has 6 heteroatoms. The van der Waals surface area contributed by atoms with Crippen LogP contribution >= 0.6 is 11.3 Å². The summed E-state index contributed by atoms with van der Waals surface area (Å²) in [5, 5.41) is 13.9. The molecule has 100 valence electrons. The molecule has 1 unspecified atom stereocenters. The molecule has 0 saturated heterocycles. The lowest BCUT2D eigenvalue weighted by Gasteiger charge is -2.12. The number of nitrogens with one attached hydrogen (secondary N) is 1. The van der Waals surface area contributed by atoms with E-state index in [1.54, 1.807) is 23.5 Å². The second-order valence-corrected chi connectivity index (χ2v) is 5.21. The van der Waals surface area contributed by atoms with Crippen LogP contribution in [0.25, 0.3) is 0 Å². The van der Waals surface area contributed by atoms with Crippen LogP contribution in [0.4, 0.5) is 5.69 Å². The van der Waals surface area contributed by atoms with Crippen LogP contribution in [0.3, 0.4) is 0 Å². The summed E-state index contributed by atoms with van der Waals surface area (Å²) in [5.41, 5.74) is 4.04. The van der Waals surface area contributed by atoms with Crippen LogP contribution in [0.5, 0.6) is 0 Å². The number of aromatic nitrogens is 1. The minimum atomic E-state index is -0.388. The number of aryl methyl sites for hydroxylation is 1. The van der Waals surface area contributed by atoms with Crippen LogP contribution in [0, 0.1) is 17.0 Å². The maximum absolute atomic E-state index is 10.6. The van der Waals surface area contributed by atoms with Gasteiger partial charge in [0.2, 0.25) is 0 Å². The minimum Gasteiger partial charge on any atom is -0.305 e. The second-order valence-electron chi connectivity index (χ2n) is 4.33. The van der Waals surface area contributed by atoms with E-state index in [2.05, 4.69) is 17.2 Å². The molecule has 0 aliphatic heterocycles. The third-order valence-electron chi connectivity index (χ3n) is 2.94. The number of hydrogen-bond donors (Lipinski definition) is 1. The fourth-order valence-corrected chi connectivity index (χ4v) is 2.66. The molecular weight excluding hydrogens is 262 g/mol. The maximum Gasteiger partial charge on any atom is 0.269 e. The molecule has 2 aromatic rings. The van der Waals surface area contributed by atoms with E-state index in [1.807, 2.05) is 12.4 Å². The molecule has 0 aliphatic rings. The van der Waals surface area contributed by atoms with Crippen LogP contribution in [0.15, 0.2) is 29.8 Å². The highest BCUT2D eigenvalue weighted by Gasteiger charge is 2.10. The Morgan fingerprint density at radius 3 is 2.63 bits per heavy atom. The Morgan fingerprint density at radius 2 is 2.11 bits per heavy atom. The van der Waals surface area contributed by atoms with E-state index in [1.165, 1.54) is 17.0 Å². The maximum atomic E-state index is 10.6. The summed E-state index contributed by atoms with van der Waals surface area (Å²) >= 11 is 1.64. The smallest absolute Gasteiger partial charge is 0.269 e. The van der Waals surface area contributed by atoms with E-state index in [0.29, 0.717) is 6.54 Å². The summed E-state index contributed by atoms with van der Waals surface area (Å²) in [5.74, 6) is 0. The third kappa shape index (κ3) is 3.36. The first kappa shape index (κ1) is 13.6. The van der Waals surface area contributed by atoms with E-state index >= 15 is 0 Å². The van der Waals surface area contributed by atoms with Crippen molar-refractivity contribution in [3.05, 3.63) is 56.0 Å². The standard InChI is InChI=1S/C13H15N3O2S/c1-9(13-10(2)15-8-19-13)14-7-11-3-5-12(6-4-11)16(17)18/h3-6,8-9,14H,7H2,1-2H3. The van der Waals surface area contributed by atoms with Crippen LogP contribution in [0.2, 0.25) is 0 Å². The molecule has 0 aliphatic carbocycles. The fraction of sp³-hybridized carbons (Fsp3) is 0.308. The first-order valence-electron chi connectivity index (χ1n) is 5.94. The Morgan fingerprint density at radius 1 is 1.42 bits per heavy atom. The van der Waals surface area contributed by atoms with E-state index in [-0.39, 0.29) is 16.7 Å². The predicted octanol–water partition coefficient (Wildman–Crippen LogP) is 3.21. The SMILES string of the molecule is Cc1ncsc1C(C)NCc1ccc([N+](=O)[O-])cc1. The number of nitro benzene ring substituents is 1. The van der Waals surface area contributed by atoms with Crippen LogP contribution in [0.1, 0.15) is 29.1 Å². The molecule has 2 rings (SSSR count). The van der Waals surface area contributed by atoms with E-state index in [0.717, 1.165) is 11.3 Å². The zero-order valence-corrected chi connectivity index (χ0v) is 11.6. The number of non-ortho nitro benzene ring substituents is 1. The summed E-state index contributed by atoms with van der Waals surface area (Å²) < 4.78 is 0. The van der Waals surface area contributed by atoms with Crippen molar-refractivity contribution in [2.75, 3.05) is 0 Å². The van der Waals surface area contributed by atoms with Gasteiger partial charge in [0.05, 0.1) is 16.1 Å². The first-order chi connectivity index (χ1) is 9.08. The Labute approximate surface area is 115 Å². The molecular formula is C13H15N3O2S. The quantitative estimate of drug-likeness (QED) is 0.673. The first-order valence-corrected chi connectivity index (χ1v) is 6.82. The van der Waals surface area contributed by atoms with Crippen LogP contribution < -0.4 is 5.32 Å². The zero-order chi connectivity index (χ0) is 13.8. The summed E-state index contributed by atoms with van der Waals surface area (Å²) in [4.78, 5) is 15.6. The highest BCUT2D eigenvalue weighted by molar-refractivity contribution is 7.09. The lowest BCUT2D eigenvalue weighted by Crippen LogP contribution is -2.17. The van der Waals surface area contributed by atoms with Gasteiger partial charge in [-0.05, 0) is 19.4 Å². The number of benzene rings is 1. The number of hydrogen-bond acceptors (Lipinski definition) is 5. The molecule has 0 amide bonds. The van der Waals surface area contributed by atoms with Gasteiger partial charge in [0.1, 0.15) is 0 Å². The van der Waals surface area contributed by atoms with E-state index in [9.17, 15) is 10.1 Å². The molecule has 0 radical (unpaired) electrons. The van der Waals surface area contributed by atoms with Gasteiger partial charge in [-0.3, -0.25) is 10.1 Å². The van der Waals surface area contributed by atoms with Crippen molar-refractivity contribution in [3.63, 3.8) is 0 Å². The minimum absolute atomic E-state index is 0.120.